The number of ether oxygens (including phenoxy) is 1. The van der Waals surface area contributed by atoms with Gasteiger partial charge in [-0.2, -0.15) is 13.2 Å². The average Bonchev–Trinajstić information content (AvgIpc) is 2.69. The van der Waals surface area contributed by atoms with Crippen molar-refractivity contribution in [1.82, 2.24) is 9.55 Å². The van der Waals surface area contributed by atoms with Gasteiger partial charge in [0.2, 0.25) is 0 Å². The van der Waals surface area contributed by atoms with Gasteiger partial charge < -0.3 is 9.30 Å². The second-order valence-corrected chi connectivity index (χ2v) is 3.65. The van der Waals surface area contributed by atoms with Gasteiger partial charge >= 0.3 is 12.1 Å². The van der Waals surface area contributed by atoms with Crippen molar-refractivity contribution in [3.8, 4) is 0 Å². The highest BCUT2D eigenvalue weighted by Gasteiger charge is 2.29. The fourth-order valence-corrected chi connectivity index (χ4v) is 1.68. The maximum Gasteiger partial charge on any atom is 0.406 e. The van der Waals surface area contributed by atoms with Crippen molar-refractivity contribution >= 4 is 17.0 Å². The molecule has 0 spiro atoms. The summed E-state index contributed by atoms with van der Waals surface area (Å²) in [5.74, 6) is -0.627. The molecule has 0 aliphatic heterocycles. The number of fused-ring (bicyclic) bond motifs is 1. The first-order valence-corrected chi connectivity index (χ1v) is 5.01. The SMILES string of the molecule is COC(=O)c1cccc2c1ncn2CC(F)(F)F. The zero-order valence-electron chi connectivity index (χ0n) is 9.36. The molecule has 2 aromatic rings. The van der Waals surface area contributed by atoms with Gasteiger partial charge in [-0.1, -0.05) is 6.07 Å². The molecule has 1 heterocycles. The Balaban J connectivity index is 2.52. The fourth-order valence-electron chi connectivity index (χ4n) is 1.68. The standard InChI is InChI=1S/C11H9F3N2O2/c1-18-10(17)7-3-2-4-8-9(7)15-6-16(8)5-11(12,13)14/h2-4,6H,5H2,1H3. The minimum atomic E-state index is -4.34. The van der Waals surface area contributed by atoms with Gasteiger partial charge in [0.05, 0.1) is 24.5 Å². The van der Waals surface area contributed by atoms with Gasteiger partial charge in [-0.05, 0) is 12.1 Å². The van der Waals surface area contributed by atoms with E-state index in [1.54, 1.807) is 0 Å². The van der Waals surface area contributed by atoms with Crippen LogP contribution >= 0.6 is 0 Å². The van der Waals surface area contributed by atoms with Gasteiger partial charge in [0.25, 0.3) is 0 Å². The van der Waals surface area contributed by atoms with Crippen molar-refractivity contribution < 1.29 is 22.7 Å². The number of methoxy groups -OCH3 is 1. The number of carbonyl (C=O) groups is 1. The molecule has 0 aliphatic rings. The van der Waals surface area contributed by atoms with E-state index < -0.39 is 18.7 Å². The van der Waals surface area contributed by atoms with E-state index in [0.29, 0.717) is 0 Å². The molecule has 4 nitrogen and oxygen atoms in total. The summed E-state index contributed by atoms with van der Waals surface area (Å²) in [6, 6.07) is 4.42. The molecule has 1 aromatic carbocycles. The van der Waals surface area contributed by atoms with Crippen molar-refractivity contribution in [2.24, 2.45) is 0 Å². The average molecular weight is 258 g/mol. The van der Waals surface area contributed by atoms with Crippen LogP contribution in [0.5, 0.6) is 0 Å². The van der Waals surface area contributed by atoms with Gasteiger partial charge in [-0.25, -0.2) is 9.78 Å². The lowest BCUT2D eigenvalue weighted by atomic mass is 10.2. The predicted molar refractivity (Wildman–Crippen MR) is 57.1 cm³/mol. The van der Waals surface area contributed by atoms with E-state index in [2.05, 4.69) is 9.72 Å². The maximum atomic E-state index is 12.3. The third kappa shape index (κ3) is 2.29. The van der Waals surface area contributed by atoms with Crippen LogP contribution in [-0.2, 0) is 11.3 Å². The van der Waals surface area contributed by atoms with Crippen LogP contribution in [0.2, 0.25) is 0 Å². The van der Waals surface area contributed by atoms with Gasteiger partial charge in [-0.15, -0.1) is 0 Å². The summed E-state index contributed by atoms with van der Waals surface area (Å²) >= 11 is 0. The minimum Gasteiger partial charge on any atom is -0.465 e. The molecule has 0 aliphatic carbocycles. The van der Waals surface area contributed by atoms with Crippen LogP contribution in [0.3, 0.4) is 0 Å². The molecule has 0 N–H and O–H groups in total. The third-order valence-corrected chi connectivity index (χ3v) is 2.41. The summed E-state index contributed by atoms with van der Waals surface area (Å²) < 4.78 is 42.5. The molecular formula is C11H9F3N2O2. The van der Waals surface area contributed by atoms with Gasteiger partial charge in [-0.3, -0.25) is 0 Å². The number of nitrogens with zero attached hydrogens (tertiary/aromatic N) is 2. The number of halogens is 3. The second-order valence-electron chi connectivity index (χ2n) is 3.65. The smallest absolute Gasteiger partial charge is 0.406 e. The van der Waals surface area contributed by atoms with Gasteiger partial charge in [0.15, 0.2) is 0 Å². The highest BCUT2D eigenvalue weighted by Crippen LogP contribution is 2.23. The zero-order chi connectivity index (χ0) is 13.3. The Morgan fingerprint density at radius 2 is 2.17 bits per heavy atom. The maximum absolute atomic E-state index is 12.3. The summed E-state index contributed by atoms with van der Waals surface area (Å²) in [6.45, 7) is -1.14. The number of hydrogen-bond acceptors (Lipinski definition) is 3. The molecule has 18 heavy (non-hydrogen) atoms. The monoisotopic (exact) mass is 258 g/mol. The number of imidazole rings is 1. The summed E-state index contributed by atoms with van der Waals surface area (Å²) in [7, 11) is 1.20. The van der Waals surface area contributed by atoms with E-state index in [1.165, 1.54) is 25.3 Å². The largest absolute Gasteiger partial charge is 0.465 e. The number of hydrogen-bond donors (Lipinski definition) is 0. The normalized spacial score (nSPS) is 11.8. The number of benzene rings is 1. The van der Waals surface area contributed by atoms with Gasteiger partial charge in [0, 0.05) is 0 Å². The van der Waals surface area contributed by atoms with Crippen molar-refractivity contribution in [2.75, 3.05) is 7.11 Å². The summed E-state index contributed by atoms with van der Waals surface area (Å²) in [6.07, 6.45) is -3.28. The molecule has 7 heteroatoms. The zero-order valence-corrected chi connectivity index (χ0v) is 9.36. The van der Waals surface area contributed by atoms with Crippen molar-refractivity contribution in [3.05, 3.63) is 30.1 Å². The Labute approximate surface area is 100.0 Å². The molecule has 1 aromatic heterocycles. The molecule has 0 saturated carbocycles. The van der Waals surface area contributed by atoms with Crippen LogP contribution in [0.15, 0.2) is 24.5 Å². The topological polar surface area (TPSA) is 44.1 Å². The van der Waals surface area contributed by atoms with E-state index in [4.69, 9.17) is 0 Å². The van der Waals surface area contributed by atoms with E-state index in [0.717, 1.165) is 10.9 Å². The first kappa shape index (κ1) is 12.4. The number of aromatic nitrogens is 2. The lowest BCUT2D eigenvalue weighted by molar-refractivity contribution is -0.139. The molecule has 0 saturated heterocycles. The third-order valence-electron chi connectivity index (χ3n) is 2.41. The van der Waals surface area contributed by atoms with E-state index >= 15 is 0 Å². The quantitative estimate of drug-likeness (QED) is 0.777. The molecule has 0 amide bonds. The summed E-state index contributed by atoms with van der Waals surface area (Å²) in [4.78, 5) is 15.3. The molecule has 0 unspecified atom stereocenters. The highest BCUT2D eigenvalue weighted by atomic mass is 19.4. The van der Waals surface area contributed by atoms with Crippen molar-refractivity contribution in [1.29, 1.82) is 0 Å². The van der Waals surface area contributed by atoms with E-state index in [9.17, 15) is 18.0 Å². The predicted octanol–water partition coefficient (Wildman–Crippen LogP) is 2.39. The Hall–Kier alpha value is -2.05. The molecule has 0 bridgehead atoms. The van der Waals surface area contributed by atoms with Crippen LogP contribution in [-0.4, -0.2) is 28.8 Å². The Morgan fingerprint density at radius 1 is 1.44 bits per heavy atom. The summed E-state index contributed by atoms with van der Waals surface area (Å²) in [5.41, 5.74) is 0.597. The lowest BCUT2D eigenvalue weighted by Crippen LogP contribution is -2.16. The van der Waals surface area contributed by atoms with Crippen LogP contribution < -0.4 is 0 Å². The van der Waals surface area contributed by atoms with Gasteiger partial charge in [0.1, 0.15) is 12.1 Å². The van der Waals surface area contributed by atoms with Crippen LogP contribution in [0.1, 0.15) is 10.4 Å². The second kappa shape index (κ2) is 4.32. The van der Waals surface area contributed by atoms with E-state index in [1.807, 2.05) is 0 Å². The molecule has 0 fully saturated rings. The van der Waals surface area contributed by atoms with Crippen molar-refractivity contribution in [2.45, 2.75) is 12.7 Å². The summed E-state index contributed by atoms with van der Waals surface area (Å²) in [5, 5.41) is 0. The first-order chi connectivity index (χ1) is 8.42. The van der Waals surface area contributed by atoms with Crippen molar-refractivity contribution in [3.63, 3.8) is 0 Å². The van der Waals surface area contributed by atoms with Crippen LogP contribution in [0.4, 0.5) is 13.2 Å². The fraction of sp³-hybridized carbons (Fsp3) is 0.273. The first-order valence-electron chi connectivity index (χ1n) is 5.01. The number of alkyl halides is 3. The van der Waals surface area contributed by atoms with Crippen LogP contribution in [0.25, 0.3) is 11.0 Å². The molecule has 96 valence electrons. The Morgan fingerprint density at radius 3 is 2.78 bits per heavy atom. The molecule has 2 rings (SSSR count). The lowest BCUT2D eigenvalue weighted by Gasteiger charge is -2.08. The minimum absolute atomic E-state index is 0.149. The number of para-hydroxylation sites is 1. The Bertz CT molecular complexity index is 589. The molecular weight excluding hydrogens is 249 g/mol. The number of carbonyl (C=O) groups excluding carboxylic acids is 1. The number of esters is 1. The number of rotatable bonds is 2. The van der Waals surface area contributed by atoms with Crippen LogP contribution in [0, 0.1) is 0 Å². The highest BCUT2D eigenvalue weighted by molar-refractivity contribution is 6.01. The molecule has 0 radical (unpaired) electrons. The van der Waals surface area contributed by atoms with E-state index in [-0.39, 0.29) is 16.6 Å². The molecule has 0 atom stereocenters. The Kier molecular flexibility index (Phi) is 2.98.